The van der Waals surface area contributed by atoms with Gasteiger partial charge < -0.3 is 24.8 Å². The van der Waals surface area contributed by atoms with Crippen LogP contribution in [0.3, 0.4) is 0 Å². The molecule has 9 nitrogen and oxygen atoms in total. The van der Waals surface area contributed by atoms with Crippen LogP contribution in [0.15, 0.2) is 23.8 Å². The molecule has 0 amide bonds. The molecular weight excluding hydrogens is 715 g/mol. The first kappa shape index (κ1) is 32.9. The topological polar surface area (TPSA) is 110 Å². The number of allylic oxidation sites excluding steroid dienone is 1. The molecule has 0 bridgehead atoms. The zero-order valence-corrected chi connectivity index (χ0v) is 28.5. The number of rotatable bonds is 5. The van der Waals surface area contributed by atoms with Gasteiger partial charge in [0, 0.05) is 42.8 Å². The van der Waals surface area contributed by atoms with Crippen LogP contribution < -0.4 is 20.1 Å². The third-order valence-corrected chi connectivity index (χ3v) is 12.2. The van der Waals surface area contributed by atoms with Crippen LogP contribution >= 0.6 is 22.9 Å². The highest BCUT2D eigenvalue weighted by Crippen LogP contribution is 2.52. The number of hydrogen-bond acceptors (Lipinski definition) is 10. The number of halogens is 6. The van der Waals surface area contributed by atoms with Crippen LogP contribution in [0.4, 0.5) is 32.8 Å². The Morgan fingerprint density at radius 2 is 2.02 bits per heavy atom. The van der Waals surface area contributed by atoms with Gasteiger partial charge in [-0.25, -0.2) is 22.0 Å². The maximum atomic E-state index is 17.3. The van der Waals surface area contributed by atoms with E-state index in [4.69, 9.17) is 36.5 Å². The molecule has 0 radical (unpaired) electrons. The molecule has 1 saturated carbocycles. The van der Waals surface area contributed by atoms with Crippen molar-refractivity contribution in [2.24, 2.45) is 5.92 Å². The van der Waals surface area contributed by atoms with Crippen molar-refractivity contribution in [2.75, 3.05) is 56.7 Å². The smallest absolute Gasteiger partial charge is 0.319 e. The van der Waals surface area contributed by atoms with Gasteiger partial charge in [0.05, 0.1) is 45.5 Å². The average Bonchev–Trinajstić information content (AvgIpc) is 3.27. The Kier molecular flexibility index (Phi) is 7.60. The summed E-state index contributed by atoms with van der Waals surface area (Å²) in [7, 11) is 0. The number of thiophene rings is 1. The monoisotopic (exact) mass is 744 g/mol. The fraction of sp³-hybridized carbons (Fsp3) is 0.457. The Morgan fingerprint density at radius 3 is 2.80 bits per heavy atom. The van der Waals surface area contributed by atoms with E-state index in [0.717, 1.165) is 36.8 Å². The highest BCUT2D eigenvalue weighted by molar-refractivity contribution is 7.23. The van der Waals surface area contributed by atoms with E-state index in [1.165, 1.54) is 12.1 Å². The summed E-state index contributed by atoms with van der Waals surface area (Å²) in [5.74, 6) is -4.97. The molecule has 16 heteroatoms. The lowest BCUT2D eigenvalue weighted by atomic mass is 9.95. The summed E-state index contributed by atoms with van der Waals surface area (Å²) in [4.78, 5) is 13.2. The highest BCUT2D eigenvalue weighted by atomic mass is 35.5. The molecule has 2 aromatic heterocycles. The summed E-state index contributed by atoms with van der Waals surface area (Å²) < 4.78 is 93.4. The van der Waals surface area contributed by atoms with E-state index in [1.807, 2.05) is 11.0 Å². The predicted octanol–water partition coefficient (Wildman–Crippen LogP) is 7.03. The molecule has 2 unspecified atom stereocenters. The SMILES string of the molecule is N#Cc1c(N)sc2c(F)ccc(-c3c(Cl)c4c5c(nc(OC[C@@]67CCCN6C[C@H](F)C7)nc5c3F)N3C/C(=C/C5CC5(F)F)COCC3CO4)c12. The largest absolute Gasteiger partial charge is 0.489 e. The van der Waals surface area contributed by atoms with Crippen molar-refractivity contribution < 1.29 is 36.2 Å². The first-order valence-corrected chi connectivity index (χ1v) is 17.9. The lowest BCUT2D eigenvalue weighted by Gasteiger charge is -2.31. The maximum Gasteiger partial charge on any atom is 0.319 e. The molecule has 51 heavy (non-hydrogen) atoms. The van der Waals surface area contributed by atoms with E-state index < -0.39 is 41.2 Å². The lowest BCUT2D eigenvalue weighted by molar-refractivity contribution is 0.106. The number of alkyl halides is 3. The van der Waals surface area contributed by atoms with E-state index in [0.29, 0.717) is 12.1 Å². The minimum Gasteiger partial charge on any atom is -0.489 e. The Bertz CT molecular complexity index is 2210. The van der Waals surface area contributed by atoms with Gasteiger partial charge in [-0.15, -0.1) is 11.3 Å². The number of benzene rings is 2. The molecule has 2 N–H and O–H groups in total. The molecule has 3 saturated heterocycles. The number of nitrogens with zero attached hydrogens (tertiary/aromatic N) is 5. The molecule has 4 atom stereocenters. The van der Waals surface area contributed by atoms with Gasteiger partial charge in [0.15, 0.2) is 11.6 Å². The van der Waals surface area contributed by atoms with Crippen LogP contribution in [-0.2, 0) is 4.74 Å². The van der Waals surface area contributed by atoms with Crippen LogP contribution in [0.5, 0.6) is 11.8 Å². The number of nitrogens with two attached hydrogens (primary N) is 1. The van der Waals surface area contributed by atoms with Gasteiger partial charge in [0.25, 0.3) is 5.92 Å². The summed E-state index contributed by atoms with van der Waals surface area (Å²) in [5, 5.41) is 10.1. The number of aromatic nitrogens is 2. The highest BCUT2D eigenvalue weighted by Gasteiger charge is 2.55. The van der Waals surface area contributed by atoms with E-state index in [2.05, 4.69) is 9.88 Å². The van der Waals surface area contributed by atoms with Crippen molar-refractivity contribution in [1.82, 2.24) is 14.9 Å². The lowest BCUT2D eigenvalue weighted by Crippen LogP contribution is -2.43. The average molecular weight is 745 g/mol. The second-order valence-corrected chi connectivity index (χ2v) is 15.4. The Balaban J connectivity index is 1.24. The van der Waals surface area contributed by atoms with E-state index in [9.17, 15) is 18.4 Å². The summed E-state index contributed by atoms with van der Waals surface area (Å²) in [6, 6.07) is 3.81. The first-order valence-electron chi connectivity index (χ1n) is 16.7. The Hall–Kier alpha value is -3.97. The van der Waals surface area contributed by atoms with Crippen LogP contribution in [0, 0.1) is 28.9 Å². The summed E-state index contributed by atoms with van der Waals surface area (Å²) in [5.41, 5.74) is 5.83. The summed E-state index contributed by atoms with van der Waals surface area (Å²) in [6.45, 7) is 1.49. The molecule has 4 fully saturated rings. The van der Waals surface area contributed by atoms with Crippen molar-refractivity contribution in [3.05, 3.63) is 46.0 Å². The van der Waals surface area contributed by atoms with E-state index in [-0.39, 0.29) is 111 Å². The van der Waals surface area contributed by atoms with Gasteiger partial charge in [-0.1, -0.05) is 23.7 Å². The number of fused-ring (bicyclic) bond motifs is 4. The van der Waals surface area contributed by atoms with Crippen molar-refractivity contribution in [2.45, 2.75) is 49.4 Å². The molecule has 266 valence electrons. The zero-order valence-electron chi connectivity index (χ0n) is 27.0. The number of nitrogen functional groups attached to an aromatic ring is 1. The third-order valence-electron chi connectivity index (χ3n) is 10.8. The Morgan fingerprint density at radius 1 is 1.20 bits per heavy atom. The first-order chi connectivity index (χ1) is 24.5. The maximum absolute atomic E-state index is 17.3. The molecule has 6 heterocycles. The second-order valence-electron chi connectivity index (χ2n) is 14.0. The summed E-state index contributed by atoms with van der Waals surface area (Å²) >= 11 is 7.90. The van der Waals surface area contributed by atoms with E-state index in [1.54, 1.807) is 0 Å². The van der Waals surface area contributed by atoms with Crippen LogP contribution in [0.2, 0.25) is 5.02 Å². The molecule has 4 aliphatic heterocycles. The third kappa shape index (κ3) is 5.20. The fourth-order valence-corrected chi connectivity index (χ4v) is 9.49. The normalized spacial score (nSPS) is 27.6. The molecule has 1 aliphatic carbocycles. The molecule has 2 aromatic carbocycles. The van der Waals surface area contributed by atoms with Crippen molar-refractivity contribution >= 4 is 54.7 Å². The van der Waals surface area contributed by atoms with Gasteiger partial charge in [-0.3, -0.25) is 4.90 Å². The van der Waals surface area contributed by atoms with Gasteiger partial charge in [-0.2, -0.15) is 15.2 Å². The molecule has 0 spiro atoms. The molecule has 4 aromatic rings. The van der Waals surface area contributed by atoms with Crippen LogP contribution in [0.25, 0.3) is 32.1 Å². The molecule has 5 aliphatic rings. The van der Waals surface area contributed by atoms with Crippen molar-refractivity contribution in [3.63, 3.8) is 0 Å². The zero-order chi connectivity index (χ0) is 35.4. The number of anilines is 2. The number of hydrogen-bond donors (Lipinski definition) is 1. The fourth-order valence-electron chi connectivity index (χ4n) is 8.21. The minimum atomic E-state index is -2.78. The van der Waals surface area contributed by atoms with Gasteiger partial charge in [-0.05, 0) is 36.6 Å². The number of ether oxygens (including phenoxy) is 3. The molecular formula is C35H30ClF5N6O3S. The predicted molar refractivity (Wildman–Crippen MR) is 182 cm³/mol. The minimum absolute atomic E-state index is 0.00292. The molecule has 9 rings (SSSR count). The Labute approximate surface area is 297 Å². The van der Waals surface area contributed by atoms with Crippen molar-refractivity contribution in [3.8, 4) is 29.0 Å². The second kappa shape index (κ2) is 11.8. The van der Waals surface area contributed by atoms with Crippen LogP contribution in [-0.4, -0.2) is 84.6 Å². The quantitative estimate of drug-likeness (QED) is 0.170. The van der Waals surface area contributed by atoms with Gasteiger partial charge in [0.2, 0.25) is 0 Å². The standard InChI is InChI=1S/C35H30ClF5N6O3S/c36-26-24(20-2-3-22(38)30-23(20)21(9-42)31(43)51-30)27(39)28-25-29(26)49-14-19-13-48-12-16(6-17-7-35(17,40)41)10-47(19)32(25)45-33(44-28)50-15-34-4-1-5-46(34)11-18(37)8-34/h2-3,6,17-19H,1,4-5,7-8,10-15,43H2/b16-6-/t17?,18-,19?,34+/m1/s1. The van der Waals surface area contributed by atoms with E-state index >= 15 is 8.78 Å². The van der Waals surface area contributed by atoms with Gasteiger partial charge in [0.1, 0.15) is 47.6 Å². The number of nitriles is 1. The van der Waals surface area contributed by atoms with Crippen LogP contribution in [0.1, 0.15) is 31.2 Å². The van der Waals surface area contributed by atoms with Crippen molar-refractivity contribution in [1.29, 1.82) is 5.26 Å². The van der Waals surface area contributed by atoms with Gasteiger partial charge >= 0.3 is 6.01 Å². The summed E-state index contributed by atoms with van der Waals surface area (Å²) in [6.07, 6.45) is 2.17.